The minimum atomic E-state index is 0. The average molecular weight is 571 g/mol. The van der Waals surface area contributed by atoms with Gasteiger partial charge in [-0.2, -0.15) is 0 Å². The largest absolute Gasteiger partial charge is 0.357 e. The smallest absolute Gasteiger partial charge is 0.253 e. The average Bonchev–Trinajstić information content (AvgIpc) is 2.82. The molecule has 3 rings (SSSR count). The van der Waals surface area contributed by atoms with Crippen LogP contribution in [0.25, 0.3) is 0 Å². The monoisotopic (exact) mass is 570 g/mol. The van der Waals surface area contributed by atoms with Crippen molar-refractivity contribution < 1.29 is 4.79 Å². The molecule has 2 saturated heterocycles. The van der Waals surface area contributed by atoms with Gasteiger partial charge in [0.05, 0.1) is 6.54 Å². The van der Waals surface area contributed by atoms with Gasteiger partial charge in [-0.25, -0.2) is 4.99 Å². The summed E-state index contributed by atoms with van der Waals surface area (Å²) in [6.45, 7) is 9.21. The maximum Gasteiger partial charge on any atom is 0.253 e. The second-order valence-electron chi connectivity index (χ2n) is 9.52. The standard InChI is InChI=1S/C25H42N6O.HI/c1-5-26-24(27-19-21-9-11-22(12-10-21)23(32)29(2)3)28-20-25(13-17-30(4)18-14-25)31-15-7-6-8-16-31;/h9-12H,5-8,13-20H2,1-4H3,(H2,26,27,28);1H. The Hall–Kier alpha value is -1.39. The molecular weight excluding hydrogens is 527 g/mol. The summed E-state index contributed by atoms with van der Waals surface area (Å²) in [6.07, 6.45) is 6.41. The number of rotatable bonds is 7. The van der Waals surface area contributed by atoms with Gasteiger partial charge in [0.25, 0.3) is 5.91 Å². The Morgan fingerprint density at radius 1 is 1.03 bits per heavy atom. The van der Waals surface area contributed by atoms with E-state index in [4.69, 9.17) is 4.99 Å². The highest BCUT2D eigenvalue weighted by molar-refractivity contribution is 14.0. The third kappa shape index (κ3) is 7.82. The van der Waals surface area contributed by atoms with E-state index < -0.39 is 0 Å². The summed E-state index contributed by atoms with van der Waals surface area (Å²) in [5.74, 6) is 0.896. The van der Waals surface area contributed by atoms with E-state index in [-0.39, 0.29) is 35.4 Å². The Bertz CT molecular complexity index is 753. The molecule has 0 unspecified atom stereocenters. The van der Waals surface area contributed by atoms with E-state index in [0.29, 0.717) is 12.1 Å². The molecule has 0 atom stereocenters. The molecule has 2 heterocycles. The number of benzene rings is 1. The van der Waals surface area contributed by atoms with Crippen LogP contribution in [0, 0.1) is 0 Å². The second-order valence-corrected chi connectivity index (χ2v) is 9.52. The molecule has 186 valence electrons. The molecule has 0 bridgehead atoms. The maximum atomic E-state index is 12.1. The Morgan fingerprint density at radius 3 is 2.24 bits per heavy atom. The van der Waals surface area contributed by atoms with Crippen LogP contribution >= 0.6 is 24.0 Å². The summed E-state index contributed by atoms with van der Waals surface area (Å²) in [4.78, 5) is 23.7. The van der Waals surface area contributed by atoms with Gasteiger partial charge in [0.2, 0.25) is 0 Å². The van der Waals surface area contributed by atoms with Gasteiger partial charge >= 0.3 is 0 Å². The SMILES string of the molecule is CCNC(=NCc1ccc(C(=O)N(C)C)cc1)NCC1(N2CCCCC2)CCN(C)CC1.I. The van der Waals surface area contributed by atoms with Crippen molar-refractivity contribution in [1.82, 2.24) is 25.3 Å². The molecule has 1 aromatic carbocycles. The molecule has 33 heavy (non-hydrogen) atoms. The summed E-state index contributed by atoms with van der Waals surface area (Å²) in [5, 5.41) is 7.09. The molecule has 0 radical (unpaired) electrons. The van der Waals surface area contributed by atoms with E-state index in [9.17, 15) is 4.79 Å². The number of aliphatic imine (C=N–C) groups is 1. The molecule has 2 fully saturated rings. The van der Waals surface area contributed by atoms with Gasteiger partial charge in [-0.3, -0.25) is 9.69 Å². The van der Waals surface area contributed by atoms with E-state index in [0.717, 1.165) is 37.7 Å². The third-order valence-corrected chi connectivity index (χ3v) is 6.90. The molecule has 0 spiro atoms. The van der Waals surface area contributed by atoms with Crippen molar-refractivity contribution in [3.8, 4) is 0 Å². The summed E-state index contributed by atoms with van der Waals surface area (Å²) < 4.78 is 0. The van der Waals surface area contributed by atoms with E-state index in [2.05, 4.69) is 34.4 Å². The fraction of sp³-hybridized carbons (Fsp3) is 0.680. The summed E-state index contributed by atoms with van der Waals surface area (Å²) in [6, 6.07) is 7.76. The number of halogens is 1. The molecule has 2 aliphatic rings. The number of nitrogens with one attached hydrogen (secondary N) is 2. The molecule has 1 amide bonds. The lowest BCUT2D eigenvalue weighted by Gasteiger charge is -2.50. The Morgan fingerprint density at radius 2 is 1.67 bits per heavy atom. The van der Waals surface area contributed by atoms with Gasteiger partial charge in [-0.15, -0.1) is 24.0 Å². The molecule has 7 nitrogen and oxygen atoms in total. The molecule has 8 heteroatoms. The van der Waals surface area contributed by atoms with E-state index >= 15 is 0 Å². The van der Waals surface area contributed by atoms with Crippen molar-refractivity contribution in [2.75, 3.05) is 60.4 Å². The molecule has 2 aliphatic heterocycles. The highest BCUT2D eigenvalue weighted by atomic mass is 127. The number of hydrogen-bond donors (Lipinski definition) is 2. The lowest BCUT2D eigenvalue weighted by atomic mass is 9.84. The van der Waals surface area contributed by atoms with Crippen LogP contribution in [0.2, 0.25) is 0 Å². The predicted molar refractivity (Wildman–Crippen MR) is 148 cm³/mol. The van der Waals surface area contributed by atoms with E-state index in [1.165, 1.54) is 45.2 Å². The minimum Gasteiger partial charge on any atom is -0.357 e. The Labute approximate surface area is 217 Å². The number of carbonyl (C=O) groups is 1. The molecule has 0 aromatic heterocycles. The van der Waals surface area contributed by atoms with Crippen molar-refractivity contribution in [2.45, 2.75) is 51.1 Å². The van der Waals surface area contributed by atoms with Gasteiger partial charge in [0.15, 0.2) is 5.96 Å². The number of hydrogen-bond acceptors (Lipinski definition) is 4. The zero-order valence-electron chi connectivity index (χ0n) is 20.9. The van der Waals surface area contributed by atoms with Crippen molar-refractivity contribution in [3.63, 3.8) is 0 Å². The first-order valence-electron chi connectivity index (χ1n) is 12.2. The van der Waals surface area contributed by atoms with E-state index in [1.54, 1.807) is 19.0 Å². The lowest BCUT2D eigenvalue weighted by molar-refractivity contribution is 0.0173. The van der Waals surface area contributed by atoms with Crippen molar-refractivity contribution >= 4 is 35.8 Å². The fourth-order valence-corrected chi connectivity index (χ4v) is 4.78. The summed E-state index contributed by atoms with van der Waals surface area (Å²) in [7, 11) is 5.78. The maximum absolute atomic E-state index is 12.1. The van der Waals surface area contributed by atoms with Crippen LogP contribution in [-0.4, -0.2) is 92.5 Å². The topological polar surface area (TPSA) is 63.2 Å². The van der Waals surface area contributed by atoms with E-state index in [1.807, 2.05) is 24.3 Å². The highest BCUT2D eigenvalue weighted by Crippen LogP contribution is 2.30. The fourth-order valence-electron chi connectivity index (χ4n) is 4.78. The molecule has 1 aromatic rings. The van der Waals surface area contributed by atoms with Crippen LogP contribution in [0.4, 0.5) is 0 Å². The first-order chi connectivity index (χ1) is 15.4. The van der Waals surface area contributed by atoms with Crippen LogP contribution in [0.1, 0.15) is 54.9 Å². The number of likely N-dealkylation sites (tertiary alicyclic amines) is 2. The predicted octanol–water partition coefficient (Wildman–Crippen LogP) is 3.01. The van der Waals surface area contributed by atoms with Gasteiger partial charge in [-0.05, 0) is 83.5 Å². The lowest BCUT2D eigenvalue weighted by Crippen LogP contribution is -2.62. The minimum absolute atomic E-state index is 0. The van der Waals surface area contributed by atoms with Gasteiger partial charge in [0.1, 0.15) is 0 Å². The van der Waals surface area contributed by atoms with Crippen LogP contribution in [-0.2, 0) is 6.54 Å². The van der Waals surface area contributed by atoms with Crippen LogP contribution in [0.15, 0.2) is 29.3 Å². The summed E-state index contributed by atoms with van der Waals surface area (Å²) >= 11 is 0. The third-order valence-electron chi connectivity index (χ3n) is 6.90. The summed E-state index contributed by atoms with van der Waals surface area (Å²) in [5.41, 5.74) is 2.03. The number of nitrogens with zero attached hydrogens (tertiary/aromatic N) is 4. The molecule has 2 N–H and O–H groups in total. The first kappa shape index (κ1) is 27.9. The number of amides is 1. The number of piperidine rings is 2. The van der Waals surface area contributed by atoms with Crippen LogP contribution < -0.4 is 10.6 Å². The van der Waals surface area contributed by atoms with Crippen molar-refractivity contribution in [3.05, 3.63) is 35.4 Å². The van der Waals surface area contributed by atoms with Crippen LogP contribution in [0.5, 0.6) is 0 Å². The van der Waals surface area contributed by atoms with Crippen molar-refractivity contribution in [2.24, 2.45) is 4.99 Å². The second kappa shape index (κ2) is 13.5. The molecule has 0 aliphatic carbocycles. The highest BCUT2D eigenvalue weighted by Gasteiger charge is 2.39. The number of guanidine groups is 1. The van der Waals surface area contributed by atoms with Gasteiger partial charge < -0.3 is 20.4 Å². The Balaban J connectivity index is 0.00000385. The molecule has 0 saturated carbocycles. The normalized spacial score (nSPS) is 19.5. The van der Waals surface area contributed by atoms with Gasteiger partial charge in [0, 0.05) is 38.3 Å². The first-order valence-corrected chi connectivity index (χ1v) is 12.2. The zero-order valence-corrected chi connectivity index (χ0v) is 23.2. The van der Waals surface area contributed by atoms with Crippen LogP contribution in [0.3, 0.4) is 0 Å². The Kier molecular flexibility index (Phi) is 11.4. The molecular formula is C25H43IN6O. The zero-order chi connectivity index (χ0) is 23.0. The quantitative estimate of drug-likeness (QED) is 0.300. The number of carbonyl (C=O) groups excluding carboxylic acids is 1. The van der Waals surface area contributed by atoms with Gasteiger partial charge in [-0.1, -0.05) is 18.6 Å². The van der Waals surface area contributed by atoms with Crippen molar-refractivity contribution in [1.29, 1.82) is 0 Å².